The number of carbonyl (C=O) groups is 1. The summed E-state index contributed by atoms with van der Waals surface area (Å²) in [5.41, 5.74) is 1.03. The number of carbonyl (C=O) groups excluding carboxylic acids is 1. The number of hydrogen-bond acceptors (Lipinski definition) is 4. The van der Waals surface area contributed by atoms with Gasteiger partial charge in [0.2, 0.25) is 0 Å². The fourth-order valence-electron chi connectivity index (χ4n) is 3.06. The summed E-state index contributed by atoms with van der Waals surface area (Å²) >= 11 is 0. The Labute approximate surface area is 125 Å². The second-order valence-electron chi connectivity index (χ2n) is 6.11. The molecule has 0 aliphatic heterocycles. The van der Waals surface area contributed by atoms with Gasteiger partial charge in [0.1, 0.15) is 12.0 Å². The highest BCUT2D eigenvalue weighted by Crippen LogP contribution is 2.35. The van der Waals surface area contributed by atoms with Crippen LogP contribution in [0.1, 0.15) is 49.9 Å². The van der Waals surface area contributed by atoms with E-state index in [0.29, 0.717) is 29.5 Å². The summed E-state index contributed by atoms with van der Waals surface area (Å²) in [5, 5.41) is 11.4. The van der Waals surface area contributed by atoms with Crippen LogP contribution in [0.4, 0.5) is 11.4 Å². The first-order valence-corrected chi connectivity index (χ1v) is 7.53. The molecular weight excluding hydrogens is 268 g/mol. The number of aldehydes is 1. The van der Waals surface area contributed by atoms with Crippen molar-refractivity contribution in [1.29, 1.82) is 0 Å². The predicted molar refractivity (Wildman–Crippen MR) is 82.9 cm³/mol. The van der Waals surface area contributed by atoms with Crippen LogP contribution in [0.2, 0.25) is 0 Å². The minimum atomic E-state index is -0.384. The van der Waals surface area contributed by atoms with E-state index in [0.717, 1.165) is 19.4 Å². The van der Waals surface area contributed by atoms with Gasteiger partial charge in [-0.05, 0) is 30.9 Å². The van der Waals surface area contributed by atoms with Gasteiger partial charge in [0.25, 0.3) is 5.69 Å². The normalized spacial score (nSPS) is 15.4. The number of nitro groups is 1. The number of rotatable bonds is 6. The van der Waals surface area contributed by atoms with E-state index in [1.807, 2.05) is 0 Å². The quantitative estimate of drug-likeness (QED) is 0.454. The van der Waals surface area contributed by atoms with Gasteiger partial charge in [-0.1, -0.05) is 26.7 Å². The molecule has 0 saturated heterocycles. The Hall–Kier alpha value is -1.91. The molecule has 1 aliphatic carbocycles. The van der Waals surface area contributed by atoms with Crippen molar-refractivity contribution in [2.45, 2.75) is 45.6 Å². The van der Waals surface area contributed by atoms with Crippen molar-refractivity contribution in [2.75, 3.05) is 11.4 Å². The van der Waals surface area contributed by atoms with E-state index in [1.165, 1.54) is 18.9 Å². The summed E-state index contributed by atoms with van der Waals surface area (Å²) in [5.74, 6) is 0.427. The van der Waals surface area contributed by atoms with Gasteiger partial charge >= 0.3 is 0 Å². The van der Waals surface area contributed by atoms with Crippen molar-refractivity contribution in [3.05, 3.63) is 33.9 Å². The maximum Gasteiger partial charge on any atom is 0.293 e. The third kappa shape index (κ3) is 3.60. The molecule has 1 fully saturated rings. The molecule has 1 aliphatic rings. The lowest BCUT2D eigenvalue weighted by molar-refractivity contribution is -0.384. The van der Waals surface area contributed by atoms with E-state index in [1.54, 1.807) is 12.1 Å². The molecule has 5 nitrogen and oxygen atoms in total. The zero-order chi connectivity index (χ0) is 15.4. The average Bonchev–Trinajstić information content (AvgIpc) is 2.98. The molecule has 0 spiro atoms. The van der Waals surface area contributed by atoms with Crippen LogP contribution >= 0.6 is 0 Å². The van der Waals surface area contributed by atoms with Crippen molar-refractivity contribution in [3.8, 4) is 0 Å². The van der Waals surface area contributed by atoms with E-state index >= 15 is 0 Å². The Bertz CT molecular complexity index is 522. The van der Waals surface area contributed by atoms with Crippen molar-refractivity contribution < 1.29 is 9.72 Å². The maximum atomic E-state index is 11.4. The molecule has 0 amide bonds. The standard InChI is InChI=1S/C16H22N2O3/c1-12(2)10-17(14-5-3-4-6-14)15-8-7-13(11-19)9-16(15)18(20)21/h7-9,11-12,14H,3-6,10H2,1-2H3. The van der Waals surface area contributed by atoms with Gasteiger partial charge in [-0.3, -0.25) is 14.9 Å². The molecule has 0 radical (unpaired) electrons. The number of hydrogen-bond donors (Lipinski definition) is 0. The maximum absolute atomic E-state index is 11.4. The summed E-state index contributed by atoms with van der Waals surface area (Å²) in [6.45, 7) is 5.03. The Morgan fingerprint density at radius 3 is 2.57 bits per heavy atom. The molecule has 0 atom stereocenters. The highest BCUT2D eigenvalue weighted by Gasteiger charge is 2.28. The van der Waals surface area contributed by atoms with Gasteiger partial charge < -0.3 is 4.90 Å². The van der Waals surface area contributed by atoms with Crippen molar-refractivity contribution in [2.24, 2.45) is 5.92 Å². The van der Waals surface area contributed by atoms with Gasteiger partial charge in [0.05, 0.1) is 4.92 Å². The molecule has 0 heterocycles. The van der Waals surface area contributed by atoms with Gasteiger partial charge in [0, 0.05) is 24.2 Å². The molecule has 1 aromatic rings. The molecule has 1 saturated carbocycles. The molecule has 2 rings (SSSR count). The van der Waals surface area contributed by atoms with Gasteiger partial charge in [0.15, 0.2) is 0 Å². The van der Waals surface area contributed by atoms with Crippen molar-refractivity contribution in [3.63, 3.8) is 0 Å². The Balaban J connectivity index is 2.42. The molecule has 0 N–H and O–H groups in total. The number of benzene rings is 1. The SMILES string of the molecule is CC(C)CN(c1ccc(C=O)cc1[N+](=O)[O-])C1CCCC1. The molecule has 0 unspecified atom stereocenters. The highest BCUT2D eigenvalue weighted by atomic mass is 16.6. The number of nitro benzene ring substituents is 1. The van der Waals surface area contributed by atoms with Gasteiger partial charge in [-0.2, -0.15) is 0 Å². The summed E-state index contributed by atoms with van der Waals surface area (Å²) in [6.07, 6.45) is 5.18. The Morgan fingerprint density at radius 2 is 2.05 bits per heavy atom. The van der Waals surface area contributed by atoms with Crippen LogP contribution in [0.5, 0.6) is 0 Å². The van der Waals surface area contributed by atoms with E-state index in [9.17, 15) is 14.9 Å². The molecule has 21 heavy (non-hydrogen) atoms. The number of anilines is 1. The fraction of sp³-hybridized carbons (Fsp3) is 0.562. The van der Waals surface area contributed by atoms with Crippen LogP contribution in [0.25, 0.3) is 0 Å². The monoisotopic (exact) mass is 290 g/mol. The predicted octanol–water partition coefficient (Wildman–Crippen LogP) is 3.81. The molecule has 5 heteroatoms. The van der Waals surface area contributed by atoms with Crippen LogP contribution < -0.4 is 4.90 Å². The summed E-state index contributed by atoms with van der Waals surface area (Å²) < 4.78 is 0. The molecule has 0 aromatic heterocycles. The van der Waals surface area contributed by atoms with E-state index in [-0.39, 0.29) is 10.6 Å². The third-order valence-corrected chi connectivity index (χ3v) is 3.97. The van der Waals surface area contributed by atoms with E-state index in [2.05, 4.69) is 18.7 Å². The minimum Gasteiger partial charge on any atom is -0.363 e. The molecule has 0 bridgehead atoms. The van der Waals surface area contributed by atoms with Gasteiger partial charge in [-0.25, -0.2) is 0 Å². The lowest BCUT2D eigenvalue weighted by Crippen LogP contribution is -2.36. The van der Waals surface area contributed by atoms with E-state index in [4.69, 9.17) is 0 Å². The first kappa shape index (κ1) is 15.5. The summed E-state index contributed by atoms with van der Waals surface area (Å²) in [6, 6.07) is 5.14. The Morgan fingerprint density at radius 1 is 1.38 bits per heavy atom. The highest BCUT2D eigenvalue weighted by molar-refractivity contribution is 5.79. The van der Waals surface area contributed by atoms with Crippen LogP contribution in [0.3, 0.4) is 0 Å². The topological polar surface area (TPSA) is 63.5 Å². The average molecular weight is 290 g/mol. The zero-order valence-electron chi connectivity index (χ0n) is 12.6. The second kappa shape index (κ2) is 6.70. The van der Waals surface area contributed by atoms with Crippen LogP contribution in [0.15, 0.2) is 18.2 Å². The Kier molecular flexibility index (Phi) is 4.94. The second-order valence-corrected chi connectivity index (χ2v) is 6.11. The zero-order valence-corrected chi connectivity index (χ0v) is 12.6. The first-order chi connectivity index (χ1) is 10.0. The molecular formula is C16H22N2O3. The van der Waals surface area contributed by atoms with Crippen LogP contribution in [-0.4, -0.2) is 23.8 Å². The lowest BCUT2D eigenvalue weighted by Gasteiger charge is -2.32. The molecule has 114 valence electrons. The minimum absolute atomic E-state index is 0.0344. The largest absolute Gasteiger partial charge is 0.363 e. The van der Waals surface area contributed by atoms with E-state index < -0.39 is 0 Å². The summed E-state index contributed by atoms with van der Waals surface area (Å²) in [7, 11) is 0. The lowest BCUT2D eigenvalue weighted by atomic mass is 10.1. The van der Waals surface area contributed by atoms with Crippen LogP contribution in [-0.2, 0) is 0 Å². The summed E-state index contributed by atoms with van der Waals surface area (Å²) in [4.78, 5) is 24.0. The number of nitrogens with zero attached hydrogens (tertiary/aromatic N) is 2. The molecule has 1 aromatic carbocycles. The van der Waals surface area contributed by atoms with Gasteiger partial charge in [-0.15, -0.1) is 0 Å². The third-order valence-electron chi connectivity index (χ3n) is 3.97. The van der Waals surface area contributed by atoms with Crippen molar-refractivity contribution in [1.82, 2.24) is 0 Å². The first-order valence-electron chi connectivity index (χ1n) is 7.53. The fourth-order valence-corrected chi connectivity index (χ4v) is 3.06. The van der Waals surface area contributed by atoms with Crippen molar-refractivity contribution >= 4 is 17.7 Å². The van der Waals surface area contributed by atoms with Crippen LogP contribution in [0, 0.1) is 16.0 Å². The smallest absolute Gasteiger partial charge is 0.293 e.